The summed E-state index contributed by atoms with van der Waals surface area (Å²) in [5, 5.41) is 9.04. The number of aliphatic hydroxyl groups is 1. The maximum Gasteiger partial charge on any atom is 0.471 e. The van der Waals surface area contributed by atoms with Gasteiger partial charge in [0.05, 0.1) is 12.6 Å². The maximum atomic E-state index is 12.4. The number of nitrogens with zero attached hydrogens (tertiary/aromatic N) is 2. The van der Waals surface area contributed by atoms with Gasteiger partial charge in [0, 0.05) is 19.6 Å². The van der Waals surface area contributed by atoms with Gasteiger partial charge in [-0.15, -0.1) is 0 Å². The van der Waals surface area contributed by atoms with Crippen LogP contribution in [-0.4, -0.2) is 71.0 Å². The SMILES string of the molecule is CC(C)(C)OC(=O)N(CCO)C1CCN(C(=O)C(F)(F)F)C1. The van der Waals surface area contributed by atoms with Crippen LogP contribution in [0, 0.1) is 0 Å². The summed E-state index contributed by atoms with van der Waals surface area (Å²) in [5.41, 5.74) is -0.759. The first kappa shape index (κ1) is 18.5. The van der Waals surface area contributed by atoms with Crippen LogP contribution in [0.3, 0.4) is 0 Å². The van der Waals surface area contributed by atoms with Crippen molar-refractivity contribution in [3.63, 3.8) is 0 Å². The Hall–Kier alpha value is -1.51. The number of ether oxygens (including phenoxy) is 1. The minimum atomic E-state index is -4.93. The Morgan fingerprint density at radius 1 is 1.32 bits per heavy atom. The van der Waals surface area contributed by atoms with Gasteiger partial charge in [-0.2, -0.15) is 13.2 Å². The van der Waals surface area contributed by atoms with Gasteiger partial charge in [-0.25, -0.2) is 4.79 Å². The van der Waals surface area contributed by atoms with Crippen LogP contribution in [0.1, 0.15) is 27.2 Å². The highest BCUT2D eigenvalue weighted by molar-refractivity contribution is 5.82. The second kappa shape index (κ2) is 6.72. The minimum Gasteiger partial charge on any atom is -0.444 e. The highest BCUT2D eigenvalue weighted by Gasteiger charge is 2.45. The molecule has 0 aromatic carbocycles. The number of amides is 2. The van der Waals surface area contributed by atoms with E-state index in [1.165, 1.54) is 4.90 Å². The molecule has 0 aliphatic carbocycles. The molecule has 1 aliphatic rings. The van der Waals surface area contributed by atoms with Gasteiger partial charge in [0.15, 0.2) is 0 Å². The van der Waals surface area contributed by atoms with Crippen LogP contribution in [0.25, 0.3) is 0 Å². The zero-order valence-electron chi connectivity index (χ0n) is 12.8. The average molecular weight is 326 g/mol. The number of rotatable bonds is 3. The Bertz CT molecular complexity index is 420. The van der Waals surface area contributed by atoms with Gasteiger partial charge >= 0.3 is 18.2 Å². The van der Waals surface area contributed by atoms with Crippen molar-refractivity contribution in [1.82, 2.24) is 9.80 Å². The Morgan fingerprint density at radius 3 is 2.36 bits per heavy atom. The molecule has 1 unspecified atom stereocenters. The van der Waals surface area contributed by atoms with Crippen molar-refractivity contribution < 1.29 is 32.6 Å². The Balaban J connectivity index is 2.75. The molecule has 1 fully saturated rings. The lowest BCUT2D eigenvalue weighted by Crippen LogP contribution is -2.47. The predicted molar refractivity (Wildman–Crippen MR) is 71.1 cm³/mol. The fraction of sp³-hybridized carbons (Fsp3) is 0.846. The molecule has 1 rings (SSSR count). The molecule has 1 aliphatic heterocycles. The fourth-order valence-corrected chi connectivity index (χ4v) is 2.21. The third-order valence-corrected chi connectivity index (χ3v) is 3.10. The molecular formula is C13H21F3N2O4. The molecule has 0 radical (unpaired) electrons. The van der Waals surface area contributed by atoms with E-state index in [0.29, 0.717) is 4.90 Å². The van der Waals surface area contributed by atoms with E-state index in [9.17, 15) is 22.8 Å². The van der Waals surface area contributed by atoms with Gasteiger partial charge in [-0.1, -0.05) is 0 Å². The number of halogens is 3. The standard InChI is InChI=1S/C13H21F3N2O4/c1-12(2,3)22-11(21)18(6-7-19)9-4-5-17(8-9)10(20)13(14,15)16/h9,19H,4-8H2,1-3H3. The molecular weight excluding hydrogens is 305 g/mol. The van der Waals surface area contributed by atoms with Crippen molar-refractivity contribution in [2.45, 2.75) is 45.0 Å². The average Bonchev–Trinajstić information content (AvgIpc) is 2.80. The molecule has 9 heteroatoms. The van der Waals surface area contributed by atoms with E-state index in [1.54, 1.807) is 20.8 Å². The number of alkyl halides is 3. The molecule has 6 nitrogen and oxygen atoms in total. The summed E-state index contributed by atoms with van der Waals surface area (Å²) in [4.78, 5) is 25.1. The second-order valence-electron chi connectivity index (χ2n) is 6.09. The molecule has 1 N–H and O–H groups in total. The molecule has 0 saturated carbocycles. The maximum absolute atomic E-state index is 12.4. The third kappa shape index (κ3) is 5.04. The van der Waals surface area contributed by atoms with E-state index in [0.717, 1.165) is 0 Å². The van der Waals surface area contributed by atoms with E-state index >= 15 is 0 Å². The Morgan fingerprint density at radius 2 is 1.91 bits per heavy atom. The van der Waals surface area contributed by atoms with Crippen LogP contribution >= 0.6 is 0 Å². The molecule has 1 saturated heterocycles. The van der Waals surface area contributed by atoms with E-state index in [-0.39, 0.29) is 32.7 Å². The molecule has 0 spiro atoms. The molecule has 0 aromatic heterocycles. The van der Waals surface area contributed by atoms with Crippen molar-refractivity contribution in [3.8, 4) is 0 Å². The van der Waals surface area contributed by atoms with Gasteiger partial charge in [-0.3, -0.25) is 4.79 Å². The number of carbonyl (C=O) groups is 2. The first-order valence-electron chi connectivity index (χ1n) is 6.92. The van der Waals surface area contributed by atoms with Gasteiger partial charge in [0.25, 0.3) is 0 Å². The molecule has 2 amide bonds. The number of hydrogen-bond donors (Lipinski definition) is 1. The summed E-state index contributed by atoms with van der Waals surface area (Å²) < 4.78 is 42.4. The van der Waals surface area contributed by atoms with Crippen LogP contribution < -0.4 is 0 Å². The van der Waals surface area contributed by atoms with Crippen LogP contribution in [0.15, 0.2) is 0 Å². The van der Waals surface area contributed by atoms with Gasteiger partial charge < -0.3 is 19.6 Å². The van der Waals surface area contributed by atoms with Gasteiger partial charge in [-0.05, 0) is 27.2 Å². The summed E-state index contributed by atoms with van der Waals surface area (Å²) in [5.74, 6) is -1.91. The summed E-state index contributed by atoms with van der Waals surface area (Å²) in [6.45, 7) is 4.27. The summed E-state index contributed by atoms with van der Waals surface area (Å²) >= 11 is 0. The lowest BCUT2D eigenvalue weighted by Gasteiger charge is -2.31. The van der Waals surface area contributed by atoms with Crippen molar-refractivity contribution >= 4 is 12.0 Å². The largest absolute Gasteiger partial charge is 0.471 e. The van der Waals surface area contributed by atoms with Crippen molar-refractivity contribution in [2.75, 3.05) is 26.2 Å². The zero-order valence-corrected chi connectivity index (χ0v) is 12.8. The lowest BCUT2D eigenvalue weighted by atomic mass is 10.2. The van der Waals surface area contributed by atoms with Crippen molar-refractivity contribution in [2.24, 2.45) is 0 Å². The van der Waals surface area contributed by atoms with Crippen LogP contribution in [0.2, 0.25) is 0 Å². The molecule has 1 atom stereocenters. The summed E-state index contributed by atoms with van der Waals surface area (Å²) in [6.07, 6.45) is -5.43. The molecule has 22 heavy (non-hydrogen) atoms. The molecule has 1 heterocycles. The number of hydrogen-bond acceptors (Lipinski definition) is 4. The highest BCUT2D eigenvalue weighted by atomic mass is 19.4. The van der Waals surface area contributed by atoms with E-state index < -0.39 is 29.8 Å². The normalized spacial score (nSPS) is 19.2. The van der Waals surface area contributed by atoms with E-state index in [4.69, 9.17) is 9.84 Å². The second-order valence-corrected chi connectivity index (χ2v) is 6.09. The number of carbonyl (C=O) groups excluding carboxylic acids is 2. The fourth-order valence-electron chi connectivity index (χ4n) is 2.21. The smallest absolute Gasteiger partial charge is 0.444 e. The van der Waals surface area contributed by atoms with E-state index in [1.807, 2.05) is 0 Å². The zero-order chi connectivity index (χ0) is 17.1. The van der Waals surface area contributed by atoms with Gasteiger partial charge in [0.2, 0.25) is 0 Å². The minimum absolute atomic E-state index is 0.0619. The third-order valence-electron chi connectivity index (χ3n) is 3.10. The monoisotopic (exact) mass is 326 g/mol. The van der Waals surface area contributed by atoms with Crippen molar-refractivity contribution in [3.05, 3.63) is 0 Å². The summed E-state index contributed by atoms with van der Waals surface area (Å²) in [6, 6.07) is -0.603. The first-order valence-corrected chi connectivity index (χ1v) is 6.92. The first-order chi connectivity index (χ1) is 9.95. The van der Waals surface area contributed by atoms with Crippen molar-refractivity contribution in [1.29, 1.82) is 0 Å². The molecule has 128 valence electrons. The van der Waals surface area contributed by atoms with Crippen LogP contribution in [0.4, 0.5) is 18.0 Å². The van der Waals surface area contributed by atoms with Crippen LogP contribution in [-0.2, 0) is 9.53 Å². The molecule has 0 aromatic rings. The lowest BCUT2D eigenvalue weighted by molar-refractivity contribution is -0.184. The number of aliphatic hydroxyl groups excluding tert-OH is 1. The Kier molecular flexibility index (Phi) is 5.66. The van der Waals surface area contributed by atoms with Crippen LogP contribution in [0.5, 0.6) is 0 Å². The predicted octanol–water partition coefficient (Wildman–Crippen LogP) is 1.38. The van der Waals surface area contributed by atoms with E-state index in [2.05, 4.69) is 0 Å². The highest BCUT2D eigenvalue weighted by Crippen LogP contribution is 2.24. The summed E-state index contributed by atoms with van der Waals surface area (Å²) in [7, 11) is 0. The Labute approximate surface area is 126 Å². The van der Waals surface area contributed by atoms with Gasteiger partial charge in [0.1, 0.15) is 5.60 Å². The molecule has 0 bridgehead atoms. The topological polar surface area (TPSA) is 70.1 Å². The quantitative estimate of drug-likeness (QED) is 0.851. The number of likely N-dealkylation sites (tertiary alicyclic amines) is 1.